The van der Waals surface area contributed by atoms with E-state index in [1.165, 1.54) is 0 Å². The molecule has 0 bridgehead atoms. The van der Waals surface area contributed by atoms with E-state index in [9.17, 15) is 15.3 Å². The Balaban J connectivity index is 1.75. The van der Waals surface area contributed by atoms with Gasteiger partial charge in [-0.15, -0.1) is 0 Å². The van der Waals surface area contributed by atoms with E-state index >= 15 is 0 Å². The molecule has 2 fully saturated rings. The molecule has 0 saturated carbocycles. The monoisotopic (exact) mass is 268 g/mol. The van der Waals surface area contributed by atoms with Crippen molar-refractivity contribution in [2.75, 3.05) is 6.61 Å². The molecule has 0 spiro atoms. The Bertz CT molecular complexity index is 422. The number of aliphatic hydroxyl groups is 3. The van der Waals surface area contributed by atoms with Crippen LogP contribution >= 0.6 is 0 Å². The molecular weight excluding hydrogens is 252 g/mol. The predicted octanol–water partition coefficient (Wildman–Crippen LogP) is -0.460. The van der Waals surface area contributed by atoms with E-state index in [0.717, 1.165) is 5.56 Å². The van der Waals surface area contributed by atoms with Crippen molar-refractivity contribution in [2.24, 2.45) is 0 Å². The second kappa shape index (κ2) is 5.16. The number of benzene rings is 1. The third-order valence-corrected chi connectivity index (χ3v) is 3.42. The van der Waals surface area contributed by atoms with Gasteiger partial charge in [0, 0.05) is 5.56 Å². The topological polar surface area (TPSA) is 88.4 Å². The number of ether oxygens (including phenoxy) is 3. The Morgan fingerprint density at radius 2 is 1.68 bits per heavy atom. The van der Waals surface area contributed by atoms with Crippen molar-refractivity contribution in [1.82, 2.24) is 0 Å². The minimum atomic E-state index is -1.42. The molecule has 6 heteroatoms. The van der Waals surface area contributed by atoms with Crippen LogP contribution in [-0.4, -0.2) is 52.6 Å². The molecule has 4 unspecified atom stereocenters. The molecule has 2 aliphatic rings. The number of hydrogen-bond acceptors (Lipinski definition) is 6. The molecule has 6 nitrogen and oxygen atoms in total. The molecule has 3 rings (SSSR count). The van der Waals surface area contributed by atoms with Crippen LogP contribution < -0.4 is 0 Å². The van der Waals surface area contributed by atoms with Gasteiger partial charge >= 0.3 is 0 Å². The van der Waals surface area contributed by atoms with Crippen molar-refractivity contribution in [3.05, 3.63) is 35.9 Å². The summed E-state index contributed by atoms with van der Waals surface area (Å²) in [5.74, 6) is 0. The van der Waals surface area contributed by atoms with Gasteiger partial charge in [0.25, 0.3) is 0 Å². The molecule has 2 heterocycles. The Hall–Kier alpha value is -1.02. The number of fused-ring (bicyclic) bond motifs is 1. The summed E-state index contributed by atoms with van der Waals surface area (Å²) in [6, 6.07) is 9.31. The predicted molar refractivity (Wildman–Crippen MR) is 62.9 cm³/mol. The van der Waals surface area contributed by atoms with Gasteiger partial charge in [-0.05, 0) is 0 Å². The fourth-order valence-corrected chi connectivity index (χ4v) is 2.37. The van der Waals surface area contributed by atoms with Crippen molar-refractivity contribution in [3.63, 3.8) is 0 Å². The van der Waals surface area contributed by atoms with Crippen LogP contribution in [0.4, 0.5) is 0 Å². The zero-order valence-corrected chi connectivity index (χ0v) is 10.1. The van der Waals surface area contributed by atoms with E-state index in [1.54, 1.807) is 0 Å². The van der Waals surface area contributed by atoms with Gasteiger partial charge in [0.15, 0.2) is 12.6 Å². The van der Waals surface area contributed by atoms with E-state index in [2.05, 4.69) is 0 Å². The number of hydrogen-bond donors (Lipinski definition) is 3. The Labute approximate surface area is 110 Å². The maximum absolute atomic E-state index is 9.94. The first kappa shape index (κ1) is 13.0. The van der Waals surface area contributed by atoms with Gasteiger partial charge in [-0.1, -0.05) is 30.3 Å². The fourth-order valence-electron chi connectivity index (χ4n) is 2.37. The summed E-state index contributed by atoms with van der Waals surface area (Å²) in [4.78, 5) is 0. The van der Waals surface area contributed by atoms with Crippen molar-refractivity contribution < 1.29 is 29.5 Å². The zero-order valence-electron chi connectivity index (χ0n) is 10.1. The molecule has 1 aromatic carbocycles. The SMILES string of the molecule is OC1OC2COC(c3ccccc3)OC2[C@H](O)[C@@H]1O. The lowest BCUT2D eigenvalue weighted by Gasteiger charge is -2.45. The summed E-state index contributed by atoms with van der Waals surface area (Å²) in [7, 11) is 0. The Kier molecular flexibility index (Phi) is 3.53. The van der Waals surface area contributed by atoms with Crippen LogP contribution in [-0.2, 0) is 14.2 Å². The quantitative estimate of drug-likeness (QED) is 0.639. The summed E-state index contributed by atoms with van der Waals surface area (Å²) in [6.45, 7) is 0.186. The van der Waals surface area contributed by atoms with Gasteiger partial charge in [0.1, 0.15) is 24.4 Å². The normalized spacial score (nSPS) is 42.7. The molecule has 3 N–H and O–H groups in total. The zero-order chi connectivity index (χ0) is 13.4. The van der Waals surface area contributed by atoms with Crippen LogP contribution in [0.25, 0.3) is 0 Å². The molecular formula is C13H16O6. The lowest BCUT2D eigenvalue weighted by atomic mass is 9.98. The summed E-state index contributed by atoms with van der Waals surface area (Å²) < 4.78 is 16.3. The number of aliphatic hydroxyl groups excluding tert-OH is 3. The smallest absolute Gasteiger partial charge is 0.184 e. The minimum absolute atomic E-state index is 0.186. The average Bonchev–Trinajstić information content (AvgIpc) is 2.46. The van der Waals surface area contributed by atoms with E-state index in [1.807, 2.05) is 30.3 Å². The lowest BCUT2D eigenvalue weighted by molar-refractivity contribution is -0.354. The maximum atomic E-state index is 9.94. The highest BCUT2D eigenvalue weighted by Crippen LogP contribution is 2.33. The average molecular weight is 268 g/mol. The summed E-state index contributed by atoms with van der Waals surface area (Å²) in [5, 5.41) is 29.0. The molecule has 19 heavy (non-hydrogen) atoms. The Morgan fingerprint density at radius 1 is 0.947 bits per heavy atom. The van der Waals surface area contributed by atoms with Gasteiger partial charge in [0.05, 0.1) is 6.61 Å². The maximum Gasteiger partial charge on any atom is 0.184 e. The van der Waals surface area contributed by atoms with Crippen molar-refractivity contribution in [1.29, 1.82) is 0 Å². The van der Waals surface area contributed by atoms with E-state index in [4.69, 9.17) is 14.2 Å². The third kappa shape index (κ3) is 2.38. The molecule has 104 valence electrons. The van der Waals surface area contributed by atoms with Gasteiger partial charge in [0.2, 0.25) is 0 Å². The van der Waals surface area contributed by atoms with Crippen molar-refractivity contribution in [3.8, 4) is 0 Å². The molecule has 1 aromatic rings. The summed E-state index contributed by atoms with van der Waals surface area (Å²) in [6.07, 6.45) is -5.93. The van der Waals surface area contributed by atoms with Crippen molar-refractivity contribution >= 4 is 0 Å². The van der Waals surface area contributed by atoms with Crippen LogP contribution in [0.3, 0.4) is 0 Å². The molecule has 6 atom stereocenters. The van der Waals surface area contributed by atoms with Crippen LogP contribution in [0.15, 0.2) is 30.3 Å². The van der Waals surface area contributed by atoms with Crippen molar-refractivity contribution in [2.45, 2.75) is 37.0 Å². The third-order valence-electron chi connectivity index (χ3n) is 3.42. The van der Waals surface area contributed by atoms with E-state index < -0.39 is 37.0 Å². The van der Waals surface area contributed by atoms with Crippen LogP contribution in [0.1, 0.15) is 11.9 Å². The van der Waals surface area contributed by atoms with Gasteiger partial charge in [-0.3, -0.25) is 0 Å². The fraction of sp³-hybridized carbons (Fsp3) is 0.538. The summed E-state index contributed by atoms with van der Waals surface area (Å²) in [5.41, 5.74) is 0.828. The number of rotatable bonds is 1. The largest absolute Gasteiger partial charge is 0.387 e. The standard InChI is InChI=1S/C13H16O6/c14-9-10(15)12(16)18-8-6-17-13(19-11(8)9)7-4-2-1-3-5-7/h1-5,8-16H,6H2/t8?,9-,10+,11?,12?,13?/m1/s1. The first-order valence-corrected chi connectivity index (χ1v) is 6.18. The van der Waals surface area contributed by atoms with Gasteiger partial charge in [-0.2, -0.15) is 0 Å². The van der Waals surface area contributed by atoms with Crippen LogP contribution in [0.5, 0.6) is 0 Å². The second-order valence-corrected chi connectivity index (χ2v) is 4.72. The van der Waals surface area contributed by atoms with E-state index in [0.29, 0.717) is 0 Å². The molecule has 0 aliphatic carbocycles. The van der Waals surface area contributed by atoms with E-state index in [-0.39, 0.29) is 6.61 Å². The van der Waals surface area contributed by atoms with Gasteiger partial charge in [-0.25, -0.2) is 0 Å². The molecule has 0 amide bonds. The molecule has 2 aliphatic heterocycles. The van der Waals surface area contributed by atoms with Gasteiger partial charge < -0.3 is 29.5 Å². The van der Waals surface area contributed by atoms with Crippen LogP contribution in [0, 0.1) is 0 Å². The molecule has 0 radical (unpaired) electrons. The highest BCUT2D eigenvalue weighted by atomic mass is 16.7. The lowest BCUT2D eigenvalue weighted by Crippen LogP contribution is -2.61. The van der Waals surface area contributed by atoms with Crippen LogP contribution in [0.2, 0.25) is 0 Å². The first-order chi connectivity index (χ1) is 9.16. The first-order valence-electron chi connectivity index (χ1n) is 6.18. The Morgan fingerprint density at radius 3 is 2.42 bits per heavy atom. The summed E-state index contributed by atoms with van der Waals surface area (Å²) >= 11 is 0. The highest BCUT2D eigenvalue weighted by molar-refractivity contribution is 5.16. The molecule has 2 saturated heterocycles. The second-order valence-electron chi connectivity index (χ2n) is 4.72. The molecule has 0 aromatic heterocycles. The highest BCUT2D eigenvalue weighted by Gasteiger charge is 2.48. The minimum Gasteiger partial charge on any atom is -0.387 e.